The molecule has 0 aromatic heterocycles. The minimum absolute atomic E-state index is 0.0716. The van der Waals surface area contributed by atoms with Crippen LogP contribution in [0.3, 0.4) is 0 Å². The lowest BCUT2D eigenvalue weighted by molar-refractivity contribution is 0.310. The van der Waals surface area contributed by atoms with E-state index >= 15 is 0 Å². The number of benzene rings is 2. The van der Waals surface area contributed by atoms with Crippen molar-refractivity contribution in [1.82, 2.24) is 5.32 Å². The molecule has 1 aliphatic rings. The van der Waals surface area contributed by atoms with Crippen molar-refractivity contribution in [2.45, 2.75) is 24.8 Å². The van der Waals surface area contributed by atoms with E-state index in [0.29, 0.717) is 16.4 Å². The van der Waals surface area contributed by atoms with Gasteiger partial charge in [0.1, 0.15) is 6.61 Å². The summed E-state index contributed by atoms with van der Waals surface area (Å²) in [5.41, 5.74) is 3.45. The normalized spacial score (nSPS) is 14.0. The molecule has 2 aromatic carbocycles. The largest absolute Gasteiger partial charge is 0.493 e. The van der Waals surface area contributed by atoms with Gasteiger partial charge in [-0.05, 0) is 55.3 Å². The summed E-state index contributed by atoms with van der Waals surface area (Å²) in [5, 5.41) is 3.32. The van der Waals surface area contributed by atoms with E-state index in [1.165, 1.54) is 11.1 Å². The highest BCUT2D eigenvalue weighted by Crippen LogP contribution is 2.32. The van der Waals surface area contributed by atoms with Crippen LogP contribution in [0.25, 0.3) is 0 Å². The van der Waals surface area contributed by atoms with Crippen LogP contribution < -0.4 is 14.8 Å². The first-order chi connectivity index (χ1) is 12.0. The molecule has 1 N–H and O–H groups in total. The van der Waals surface area contributed by atoms with Gasteiger partial charge in [-0.25, -0.2) is 8.42 Å². The van der Waals surface area contributed by atoms with Gasteiger partial charge in [0.05, 0.1) is 17.8 Å². The summed E-state index contributed by atoms with van der Waals surface area (Å²) < 4.78 is 35.9. The minimum Gasteiger partial charge on any atom is -0.493 e. The van der Waals surface area contributed by atoms with Crippen LogP contribution in [0.1, 0.15) is 16.7 Å². The number of hydrogen-bond donors (Lipinski definition) is 1. The van der Waals surface area contributed by atoms with E-state index in [9.17, 15) is 8.42 Å². The van der Waals surface area contributed by atoms with Gasteiger partial charge in [-0.2, -0.15) is 0 Å². The van der Waals surface area contributed by atoms with E-state index < -0.39 is 9.84 Å². The average molecular weight is 361 g/mol. The Hall–Kier alpha value is -2.05. The van der Waals surface area contributed by atoms with E-state index in [-0.39, 0.29) is 12.4 Å². The fraction of sp³-hybridized carbons (Fsp3) is 0.368. The molecule has 1 aliphatic heterocycles. The van der Waals surface area contributed by atoms with Crippen molar-refractivity contribution in [2.75, 3.05) is 26.0 Å². The molecule has 0 amide bonds. The second-order valence-corrected chi connectivity index (χ2v) is 8.29. The van der Waals surface area contributed by atoms with Gasteiger partial charge in [0.15, 0.2) is 21.3 Å². The molecule has 0 spiro atoms. The van der Waals surface area contributed by atoms with Crippen LogP contribution in [0.4, 0.5) is 0 Å². The highest BCUT2D eigenvalue weighted by Gasteiger charge is 2.17. The Bertz CT molecular complexity index is 844. The zero-order valence-electron chi connectivity index (χ0n) is 14.5. The van der Waals surface area contributed by atoms with Crippen LogP contribution in [0.15, 0.2) is 41.3 Å². The van der Waals surface area contributed by atoms with Gasteiger partial charge < -0.3 is 14.8 Å². The fourth-order valence-corrected chi connectivity index (χ4v) is 3.97. The van der Waals surface area contributed by atoms with Crippen molar-refractivity contribution >= 4 is 9.84 Å². The number of hydrogen-bond acceptors (Lipinski definition) is 5. The lowest BCUT2D eigenvalue weighted by Crippen LogP contribution is -2.23. The number of ether oxygens (including phenoxy) is 2. The van der Waals surface area contributed by atoms with Gasteiger partial charge in [-0.15, -0.1) is 0 Å². The van der Waals surface area contributed by atoms with Crippen molar-refractivity contribution in [3.05, 3.63) is 53.1 Å². The van der Waals surface area contributed by atoms with E-state index in [1.807, 2.05) is 19.1 Å². The molecule has 0 atom stereocenters. The summed E-state index contributed by atoms with van der Waals surface area (Å²) in [6, 6.07) is 10.8. The summed E-state index contributed by atoms with van der Waals surface area (Å²) in [6.07, 6.45) is 0.928. The maximum Gasteiger partial charge on any atom is 0.181 e. The van der Waals surface area contributed by atoms with Gasteiger partial charge in [-0.3, -0.25) is 0 Å². The van der Waals surface area contributed by atoms with Crippen molar-refractivity contribution in [2.24, 2.45) is 0 Å². The quantitative estimate of drug-likeness (QED) is 0.856. The predicted octanol–water partition coefficient (Wildman–Crippen LogP) is 2.50. The Labute approximate surface area is 148 Å². The maximum atomic E-state index is 12.4. The third-order valence-corrected chi connectivity index (χ3v) is 6.06. The molecule has 0 radical (unpaired) electrons. The monoisotopic (exact) mass is 361 g/mol. The molecule has 6 heteroatoms. The van der Waals surface area contributed by atoms with Crippen molar-refractivity contribution in [1.29, 1.82) is 0 Å². The number of methoxy groups -OCH3 is 1. The topological polar surface area (TPSA) is 64.6 Å². The average Bonchev–Trinajstić information content (AvgIpc) is 2.61. The Balaban J connectivity index is 1.70. The van der Waals surface area contributed by atoms with Crippen LogP contribution in [0, 0.1) is 6.92 Å². The molecule has 0 aliphatic carbocycles. The van der Waals surface area contributed by atoms with Crippen molar-refractivity contribution < 1.29 is 17.9 Å². The summed E-state index contributed by atoms with van der Waals surface area (Å²) >= 11 is 0. The number of aryl methyl sites for hydroxylation is 1. The first-order valence-electron chi connectivity index (χ1n) is 8.32. The molecule has 0 unspecified atom stereocenters. The van der Waals surface area contributed by atoms with Crippen LogP contribution in [0.5, 0.6) is 11.5 Å². The molecule has 25 heavy (non-hydrogen) atoms. The van der Waals surface area contributed by atoms with Crippen LogP contribution in [0.2, 0.25) is 0 Å². The highest BCUT2D eigenvalue weighted by molar-refractivity contribution is 7.91. The first-order valence-corrected chi connectivity index (χ1v) is 9.97. The molecule has 134 valence electrons. The smallest absolute Gasteiger partial charge is 0.181 e. The zero-order valence-corrected chi connectivity index (χ0v) is 15.4. The molecule has 0 saturated carbocycles. The van der Waals surface area contributed by atoms with Gasteiger partial charge in [0.2, 0.25) is 0 Å². The third-order valence-electron chi connectivity index (χ3n) is 4.36. The number of fused-ring (bicyclic) bond motifs is 1. The Kier molecular flexibility index (Phi) is 5.30. The molecule has 1 heterocycles. The molecule has 5 nitrogen and oxygen atoms in total. The maximum absolute atomic E-state index is 12.4. The molecule has 3 rings (SSSR count). The standard InChI is InChI=1S/C19H23NO4S/c1-14-3-5-17(6-4-14)25(21,22)10-9-24-19-11-15-7-8-20-13-16(15)12-18(19)23-2/h3-6,11-12,20H,7-10,13H2,1-2H3. The van der Waals surface area contributed by atoms with E-state index in [4.69, 9.17) is 9.47 Å². The Morgan fingerprint density at radius 2 is 1.80 bits per heavy atom. The molecular weight excluding hydrogens is 338 g/mol. The predicted molar refractivity (Wildman–Crippen MR) is 97.1 cm³/mol. The van der Waals surface area contributed by atoms with Crippen molar-refractivity contribution in [3.8, 4) is 11.5 Å². The molecular formula is C19H23NO4S. The molecule has 0 saturated heterocycles. The SMILES string of the molecule is COc1cc2c(cc1OCCS(=O)(=O)c1ccc(C)cc1)CCNC2. The lowest BCUT2D eigenvalue weighted by Gasteiger charge is -2.20. The first kappa shape index (κ1) is 17.8. The minimum atomic E-state index is -3.36. The highest BCUT2D eigenvalue weighted by atomic mass is 32.2. The Morgan fingerprint density at radius 1 is 1.08 bits per heavy atom. The summed E-state index contributed by atoms with van der Waals surface area (Å²) in [7, 11) is -1.77. The zero-order chi connectivity index (χ0) is 17.9. The van der Waals surface area contributed by atoms with Crippen LogP contribution >= 0.6 is 0 Å². The van der Waals surface area contributed by atoms with Crippen LogP contribution in [-0.4, -0.2) is 34.4 Å². The fourth-order valence-electron chi connectivity index (χ4n) is 2.88. The second kappa shape index (κ2) is 7.45. The van der Waals surface area contributed by atoms with Crippen molar-refractivity contribution in [3.63, 3.8) is 0 Å². The molecule has 0 fully saturated rings. The lowest BCUT2D eigenvalue weighted by atomic mass is 10.0. The van der Waals surface area contributed by atoms with Gasteiger partial charge in [0.25, 0.3) is 0 Å². The molecule has 0 bridgehead atoms. The van der Waals surface area contributed by atoms with Gasteiger partial charge >= 0.3 is 0 Å². The molecule has 2 aromatic rings. The van der Waals surface area contributed by atoms with E-state index in [2.05, 4.69) is 5.32 Å². The van der Waals surface area contributed by atoms with Gasteiger partial charge in [0, 0.05) is 6.54 Å². The summed E-state index contributed by atoms with van der Waals surface area (Å²) in [6.45, 7) is 3.76. The number of rotatable bonds is 6. The number of nitrogens with one attached hydrogen (secondary N) is 1. The summed E-state index contributed by atoms with van der Waals surface area (Å²) in [5.74, 6) is 1.16. The van der Waals surface area contributed by atoms with Crippen LogP contribution in [-0.2, 0) is 22.8 Å². The number of sulfone groups is 1. The third kappa shape index (κ3) is 4.14. The Morgan fingerprint density at radius 3 is 2.52 bits per heavy atom. The van der Waals surface area contributed by atoms with E-state index in [0.717, 1.165) is 25.1 Å². The summed E-state index contributed by atoms with van der Waals surface area (Å²) in [4.78, 5) is 0.324. The van der Waals surface area contributed by atoms with Gasteiger partial charge in [-0.1, -0.05) is 17.7 Å². The second-order valence-electron chi connectivity index (χ2n) is 6.18. The van der Waals surface area contributed by atoms with E-state index in [1.54, 1.807) is 31.4 Å².